The van der Waals surface area contributed by atoms with Gasteiger partial charge in [0.05, 0.1) is 0 Å². The van der Waals surface area contributed by atoms with Gasteiger partial charge in [-0.2, -0.15) is 0 Å². The molecule has 0 saturated carbocycles. The lowest BCUT2D eigenvalue weighted by molar-refractivity contribution is 0.215. The van der Waals surface area contributed by atoms with Crippen LogP contribution in [-0.2, 0) is 0 Å². The van der Waals surface area contributed by atoms with Crippen molar-refractivity contribution in [3.05, 3.63) is 0 Å². The summed E-state index contributed by atoms with van der Waals surface area (Å²) in [6, 6.07) is 0. The highest BCUT2D eigenvalue weighted by Crippen LogP contribution is 2.14. The third kappa shape index (κ3) is 36.6. The molecule has 0 aromatic rings. The maximum absolute atomic E-state index is 2.87. The van der Waals surface area contributed by atoms with Crippen molar-refractivity contribution in [2.75, 3.05) is 39.3 Å². The molecule has 0 heterocycles. The Labute approximate surface area is 288 Å². The molecule has 0 aliphatic heterocycles. The van der Waals surface area contributed by atoms with Crippen LogP contribution in [-0.4, -0.2) is 49.1 Å². The SMILES string of the molecule is CCCCCCCCCCN(CCCCCCCCCC)CCCN(CCCCCCCCCC)CCCCCCCCCC. The molecular formula is C43H90N2. The van der Waals surface area contributed by atoms with E-state index in [1.807, 2.05) is 0 Å². The first-order chi connectivity index (χ1) is 22.3. The van der Waals surface area contributed by atoms with Crippen molar-refractivity contribution in [2.24, 2.45) is 0 Å². The second kappa shape index (κ2) is 40.1. The molecule has 0 bridgehead atoms. The molecule has 0 aliphatic rings. The van der Waals surface area contributed by atoms with Crippen molar-refractivity contribution in [1.82, 2.24) is 9.80 Å². The molecule has 0 amide bonds. The monoisotopic (exact) mass is 635 g/mol. The number of unbranched alkanes of at least 4 members (excludes halogenated alkanes) is 28. The van der Waals surface area contributed by atoms with Gasteiger partial charge in [-0.15, -0.1) is 0 Å². The van der Waals surface area contributed by atoms with Gasteiger partial charge < -0.3 is 9.80 Å². The second-order valence-electron chi connectivity index (χ2n) is 14.9. The molecule has 0 aliphatic carbocycles. The molecule has 2 heteroatoms. The Hall–Kier alpha value is -0.0800. The molecule has 0 atom stereocenters. The van der Waals surface area contributed by atoms with Gasteiger partial charge in [-0.1, -0.05) is 207 Å². The van der Waals surface area contributed by atoms with Crippen LogP contribution < -0.4 is 0 Å². The van der Waals surface area contributed by atoms with Crippen LogP contribution in [0.2, 0.25) is 0 Å². The Morgan fingerprint density at radius 2 is 0.333 bits per heavy atom. The third-order valence-corrected chi connectivity index (χ3v) is 10.3. The molecule has 0 fully saturated rings. The molecule has 0 aromatic carbocycles. The first-order valence-electron chi connectivity index (χ1n) is 21.7. The summed E-state index contributed by atoms with van der Waals surface area (Å²) >= 11 is 0. The van der Waals surface area contributed by atoms with E-state index in [-0.39, 0.29) is 0 Å². The predicted octanol–water partition coefficient (Wildman–Crippen LogP) is 14.5. The molecule has 0 saturated heterocycles. The lowest BCUT2D eigenvalue weighted by Crippen LogP contribution is -2.32. The first kappa shape index (κ1) is 44.9. The quantitative estimate of drug-likeness (QED) is 0.0619. The average Bonchev–Trinajstić information content (AvgIpc) is 3.05. The van der Waals surface area contributed by atoms with E-state index in [0.717, 1.165) is 0 Å². The maximum Gasteiger partial charge on any atom is -0.000655 e. The van der Waals surface area contributed by atoms with Gasteiger partial charge in [0, 0.05) is 0 Å². The van der Waals surface area contributed by atoms with Crippen LogP contribution in [0.3, 0.4) is 0 Å². The van der Waals surface area contributed by atoms with E-state index in [0.29, 0.717) is 0 Å². The molecule has 45 heavy (non-hydrogen) atoms. The third-order valence-electron chi connectivity index (χ3n) is 10.3. The highest BCUT2D eigenvalue weighted by Gasteiger charge is 2.09. The van der Waals surface area contributed by atoms with E-state index in [9.17, 15) is 0 Å². The van der Waals surface area contributed by atoms with Gasteiger partial charge in [0.1, 0.15) is 0 Å². The zero-order valence-electron chi connectivity index (χ0n) is 32.5. The molecule has 0 unspecified atom stereocenters. The number of hydrogen-bond donors (Lipinski definition) is 0. The molecule has 2 nitrogen and oxygen atoms in total. The van der Waals surface area contributed by atoms with Crippen molar-refractivity contribution in [1.29, 1.82) is 0 Å². The van der Waals surface area contributed by atoms with Gasteiger partial charge >= 0.3 is 0 Å². The van der Waals surface area contributed by atoms with Crippen LogP contribution in [0.25, 0.3) is 0 Å². The van der Waals surface area contributed by atoms with Crippen LogP contribution in [0.1, 0.15) is 240 Å². The smallest absolute Gasteiger partial charge is 0.000655 e. The molecule has 272 valence electrons. The van der Waals surface area contributed by atoms with E-state index in [2.05, 4.69) is 37.5 Å². The van der Waals surface area contributed by atoms with Gasteiger partial charge in [-0.05, 0) is 71.4 Å². The maximum atomic E-state index is 2.87. The topological polar surface area (TPSA) is 6.48 Å². The predicted molar refractivity (Wildman–Crippen MR) is 208 cm³/mol. The summed E-state index contributed by atoms with van der Waals surface area (Å²) < 4.78 is 0. The zero-order chi connectivity index (χ0) is 32.7. The summed E-state index contributed by atoms with van der Waals surface area (Å²) in [7, 11) is 0. The van der Waals surface area contributed by atoms with Crippen molar-refractivity contribution >= 4 is 0 Å². The van der Waals surface area contributed by atoms with Crippen LogP contribution >= 0.6 is 0 Å². The molecular weight excluding hydrogens is 544 g/mol. The fourth-order valence-corrected chi connectivity index (χ4v) is 7.07. The van der Waals surface area contributed by atoms with Gasteiger partial charge in [-0.25, -0.2) is 0 Å². The van der Waals surface area contributed by atoms with Gasteiger partial charge in [-0.3, -0.25) is 0 Å². The van der Waals surface area contributed by atoms with E-state index in [1.165, 1.54) is 251 Å². The first-order valence-corrected chi connectivity index (χ1v) is 21.7. The Morgan fingerprint density at radius 3 is 0.533 bits per heavy atom. The minimum Gasteiger partial charge on any atom is -0.303 e. The van der Waals surface area contributed by atoms with E-state index in [4.69, 9.17) is 0 Å². The van der Waals surface area contributed by atoms with Gasteiger partial charge in [0.25, 0.3) is 0 Å². The van der Waals surface area contributed by atoms with Gasteiger partial charge in [0.2, 0.25) is 0 Å². The molecule has 0 N–H and O–H groups in total. The van der Waals surface area contributed by atoms with Crippen LogP contribution in [0.5, 0.6) is 0 Å². The van der Waals surface area contributed by atoms with Crippen LogP contribution in [0.15, 0.2) is 0 Å². The van der Waals surface area contributed by atoms with Gasteiger partial charge in [0.15, 0.2) is 0 Å². The largest absolute Gasteiger partial charge is 0.303 e. The number of hydrogen-bond acceptors (Lipinski definition) is 2. The highest BCUT2D eigenvalue weighted by atomic mass is 15.1. The van der Waals surface area contributed by atoms with Crippen molar-refractivity contribution in [2.45, 2.75) is 240 Å². The van der Waals surface area contributed by atoms with Crippen LogP contribution in [0.4, 0.5) is 0 Å². The van der Waals surface area contributed by atoms with Crippen molar-refractivity contribution < 1.29 is 0 Å². The zero-order valence-corrected chi connectivity index (χ0v) is 32.5. The molecule has 0 spiro atoms. The fraction of sp³-hybridized carbons (Fsp3) is 1.00. The minimum absolute atomic E-state index is 1.33. The summed E-state index contributed by atoms with van der Waals surface area (Å²) in [5.74, 6) is 0. The summed E-state index contributed by atoms with van der Waals surface area (Å²) in [5, 5.41) is 0. The van der Waals surface area contributed by atoms with Crippen LogP contribution in [0, 0.1) is 0 Å². The summed E-state index contributed by atoms with van der Waals surface area (Å²) in [6.45, 7) is 17.4. The highest BCUT2D eigenvalue weighted by molar-refractivity contribution is 4.65. The Kier molecular flexibility index (Phi) is 40.0. The standard InChI is InChI=1S/C43H90N2/c1-5-9-13-17-21-25-29-33-38-44(39-34-30-26-22-18-14-10-6-2)42-37-43-45(40-35-31-27-23-19-15-11-7-3)41-36-32-28-24-20-16-12-8-4/h5-43H2,1-4H3. The molecule has 0 radical (unpaired) electrons. The van der Waals surface area contributed by atoms with E-state index >= 15 is 0 Å². The normalized spacial score (nSPS) is 11.9. The molecule has 0 rings (SSSR count). The van der Waals surface area contributed by atoms with Crippen molar-refractivity contribution in [3.8, 4) is 0 Å². The van der Waals surface area contributed by atoms with Crippen molar-refractivity contribution in [3.63, 3.8) is 0 Å². The lowest BCUT2D eigenvalue weighted by atomic mass is 10.1. The number of rotatable bonds is 40. The fourth-order valence-electron chi connectivity index (χ4n) is 7.07. The lowest BCUT2D eigenvalue weighted by Gasteiger charge is -2.26. The Morgan fingerprint density at radius 1 is 0.178 bits per heavy atom. The summed E-state index contributed by atoms with van der Waals surface area (Å²) in [4.78, 5) is 5.75. The van der Waals surface area contributed by atoms with E-state index < -0.39 is 0 Å². The summed E-state index contributed by atoms with van der Waals surface area (Å²) in [6.07, 6.45) is 47.4. The summed E-state index contributed by atoms with van der Waals surface area (Å²) in [5.41, 5.74) is 0. The number of nitrogens with zero attached hydrogens (tertiary/aromatic N) is 2. The Balaban J connectivity index is 4.55. The average molecular weight is 635 g/mol. The van der Waals surface area contributed by atoms with E-state index in [1.54, 1.807) is 0 Å². The molecule has 0 aromatic heterocycles. The Bertz CT molecular complexity index is 422. The minimum atomic E-state index is 1.33. The second-order valence-corrected chi connectivity index (χ2v) is 14.9.